The van der Waals surface area contributed by atoms with E-state index in [0.29, 0.717) is 22.6 Å². The standard InChI is InChI=1S/C14H15F3N2O2/c1-7-12(18-2)8-5-10(20-3)11(21-4)6-9(8)19-13(7)14(15,16)17/h5-6H,1-4H3,(H,18,19). The van der Waals surface area contributed by atoms with Crippen LogP contribution in [-0.2, 0) is 6.18 Å². The van der Waals surface area contributed by atoms with Crippen LogP contribution in [0.1, 0.15) is 11.3 Å². The van der Waals surface area contributed by atoms with Crippen molar-refractivity contribution in [3.8, 4) is 11.5 Å². The molecule has 0 saturated heterocycles. The third-order valence-electron chi connectivity index (χ3n) is 3.25. The van der Waals surface area contributed by atoms with Crippen molar-refractivity contribution in [3.05, 3.63) is 23.4 Å². The van der Waals surface area contributed by atoms with Crippen molar-refractivity contribution in [1.29, 1.82) is 0 Å². The highest BCUT2D eigenvalue weighted by Gasteiger charge is 2.36. The number of alkyl halides is 3. The largest absolute Gasteiger partial charge is 0.493 e. The van der Waals surface area contributed by atoms with Gasteiger partial charge in [0.05, 0.1) is 19.7 Å². The summed E-state index contributed by atoms with van der Waals surface area (Å²) in [5.74, 6) is 0.763. The van der Waals surface area contributed by atoms with Crippen molar-refractivity contribution in [3.63, 3.8) is 0 Å². The van der Waals surface area contributed by atoms with E-state index in [2.05, 4.69) is 10.3 Å². The molecule has 0 fully saturated rings. The maximum absolute atomic E-state index is 13.1. The molecule has 0 amide bonds. The summed E-state index contributed by atoms with van der Waals surface area (Å²) in [4.78, 5) is 3.74. The number of benzene rings is 1. The number of aromatic nitrogens is 1. The quantitative estimate of drug-likeness (QED) is 0.940. The molecule has 21 heavy (non-hydrogen) atoms. The van der Waals surface area contributed by atoms with Crippen molar-refractivity contribution in [1.82, 2.24) is 4.98 Å². The normalized spacial score (nSPS) is 11.6. The number of fused-ring (bicyclic) bond motifs is 1. The van der Waals surface area contributed by atoms with Gasteiger partial charge >= 0.3 is 6.18 Å². The summed E-state index contributed by atoms with van der Waals surface area (Å²) >= 11 is 0. The van der Waals surface area contributed by atoms with Crippen molar-refractivity contribution in [2.75, 3.05) is 26.6 Å². The van der Waals surface area contributed by atoms with Gasteiger partial charge in [0.1, 0.15) is 5.69 Å². The van der Waals surface area contributed by atoms with Gasteiger partial charge in [-0.25, -0.2) is 4.98 Å². The first-order valence-electron chi connectivity index (χ1n) is 6.14. The topological polar surface area (TPSA) is 43.4 Å². The molecule has 0 unspecified atom stereocenters. The molecule has 2 aromatic rings. The lowest BCUT2D eigenvalue weighted by Crippen LogP contribution is -2.12. The molecule has 0 aliphatic rings. The average Bonchev–Trinajstić information content (AvgIpc) is 2.44. The van der Waals surface area contributed by atoms with Crippen LogP contribution in [0.15, 0.2) is 12.1 Å². The summed E-state index contributed by atoms with van der Waals surface area (Å²) in [7, 11) is 4.45. The van der Waals surface area contributed by atoms with Crippen LogP contribution in [-0.4, -0.2) is 26.3 Å². The Morgan fingerprint density at radius 3 is 2.14 bits per heavy atom. The number of hydrogen-bond donors (Lipinski definition) is 1. The maximum Gasteiger partial charge on any atom is 0.433 e. The van der Waals surface area contributed by atoms with Crippen molar-refractivity contribution in [2.45, 2.75) is 13.1 Å². The SMILES string of the molecule is CNc1c(C)c(C(F)(F)F)nc2cc(OC)c(OC)cc12. The molecule has 0 saturated carbocycles. The summed E-state index contributed by atoms with van der Waals surface area (Å²) in [6.07, 6.45) is -4.52. The third-order valence-corrected chi connectivity index (χ3v) is 3.25. The van der Waals surface area contributed by atoms with Gasteiger partial charge in [-0.3, -0.25) is 0 Å². The van der Waals surface area contributed by atoms with Crippen LogP contribution in [0.3, 0.4) is 0 Å². The van der Waals surface area contributed by atoms with Gasteiger partial charge in [-0.15, -0.1) is 0 Å². The number of ether oxygens (including phenoxy) is 2. The van der Waals surface area contributed by atoms with E-state index < -0.39 is 11.9 Å². The second-order valence-electron chi connectivity index (χ2n) is 4.43. The fourth-order valence-corrected chi connectivity index (χ4v) is 2.28. The van der Waals surface area contributed by atoms with Crippen LogP contribution >= 0.6 is 0 Å². The van der Waals surface area contributed by atoms with Crippen LogP contribution in [0.25, 0.3) is 10.9 Å². The molecule has 4 nitrogen and oxygen atoms in total. The van der Waals surface area contributed by atoms with Crippen LogP contribution in [0, 0.1) is 6.92 Å². The summed E-state index contributed by atoms with van der Waals surface area (Å²) in [5, 5.41) is 3.35. The van der Waals surface area contributed by atoms with E-state index in [4.69, 9.17) is 9.47 Å². The molecule has 0 aliphatic carbocycles. The maximum atomic E-state index is 13.1. The van der Waals surface area contributed by atoms with Crippen LogP contribution in [0.4, 0.5) is 18.9 Å². The predicted octanol–water partition coefficient (Wildman–Crippen LogP) is 3.62. The Hall–Kier alpha value is -2.18. The molecule has 2 rings (SSSR count). The molecule has 7 heteroatoms. The molecule has 1 aromatic heterocycles. The lowest BCUT2D eigenvalue weighted by atomic mass is 10.1. The Kier molecular flexibility index (Phi) is 3.85. The van der Waals surface area contributed by atoms with Crippen molar-refractivity contribution >= 4 is 16.6 Å². The van der Waals surface area contributed by atoms with Crippen LogP contribution in [0.2, 0.25) is 0 Å². The average molecular weight is 300 g/mol. The lowest BCUT2D eigenvalue weighted by molar-refractivity contribution is -0.141. The second-order valence-corrected chi connectivity index (χ2v) is 4.43. The van der Waals surface area contributed by atoms with Gasteiger partial charge in [-0.2, -0.15) is 13.2 Å². The zero-order chi connectivity index (χ0) is 15.8. The van der Waals surface area contributed by atoms with E-state index in [0.717, 1.165) is 0 Å². The number of anilines is 1. The van der Waals surface area contributed by atoms with Crippen molar-refractivity contribution in [2.24, 2.45) is 0 Å². The number of pyridine rings is 1. The van der Waals surface area contributed by atoms with E-state index in [1.54, 1.807) is 13.1 Å². The van der Waals surface area contributed by atoms with Gasteiger partial charge in [0.15, 0.2) is 11.5 Å². The molecule has 0 aliphatic heterocycles. The smallest absolute Gasteiger partial charge is 0.433 e. The third kappa shape index (κ3) is 2.55. The van der Waals surface area contributed by atoms with Gasteiger partial charge < -0.3 is 14.8 Å². The highest BCUT2D eigenvalue weighted by Crippen LogP contribution is 2.40. The molecule has 1 aromatic carbocycles. The van der Waals surface area contributed by atoms with E-state index in [-0.39, 0.29) is 11.1 Å². The minimum absolute atomic E-state index is 0.0460. The summed E-state index contributed by atoms with van der Waals surface area (Å²) in [5.41, 5.74) is -0.306. The Morgan fingerprint density at radius 2 is 1.67 bits per heavy atom. The zero-order valence-electron chi connectivity index (χ0n) is 12.1. The highest BCUT2D eigenvalue weighted by atomic mass is 19.4. The van der Waals surface area contributed by atoms with Gasteiger partial charge in [0.2, 0.25) is 0 Å². The molecule has 0 bridgehead atoms. The number of halogens is 3. The number of rotatable bonds is 3. The lowest BCUT2D eigenvalue weighted by Gasteiger charge is -2.17. The van der Waals surface area contributed by atoms with Gasteiger partial charge in [-0.05, 0) is 13.0 Å². The molecule has 0 atom stereocenters. The molecule has 1 heterocycles. The first kappa shape index (κ1) is 15.2. The molecule has 0 radical (unpaired) electrons. The minimum Gasteiger partial charge on any atom is -0.493 e. The first-order chi connectivity index (χ1) is 9.83. The molecular weight excluding hydrogens is 285 g/mol. The van der Waals surface area contributed by atoms with Gasteiger partial charge in [0, 0.05) is 29.8 Å². The van der Waals surface area contributed by atoms with Gasteiger partial charge in [0.25, 0.3) is 0 Å². The Bertz CT molecular complexity index is 684. The van der Waals surface area contributed by atoms with E-state index >= 15 is 0 Å². The fraction of sp³-hybridized carbons (Fsp3) is 0.357. The molecule has 114 valence electrons. The van der Waals surface area contributed by atoms with Gasteiger partial charge in [-0.1, -0.05) is 0 Å². The molecule has 1 N–H and O–H groups in total. The van der Waals surface area contributed by atoms with E-state index in [1.165, 1.54) is 27.2 Å². The second kappa shape index (κ2) is 5.31. The number of hydrogen-bond acceptors (Lipinski definition) is 4. The highest BCUT2D eigenvalue weighted by molar-refractivity contribution is 5.95. The first-order valence-corrected chi connectivity index (χ1v) is 6.14. The minimum atomic E-state index is -4.52. The predicted molar refractivity (Wildman–Crippen MR) is 74.1 cm³/mol. The van der Waals surface area contributed by atoms with Crippen LogP contribution < -0.4 is 14.8 Å². The van der Waals surface area contributed by atoms with E-state index in [1.807, 2.05) is 0 Å². The van der Waals surface area contributed by atoms with Crippen molar-refractivity contribution < 1.29 is 22.6 Å². The zero-order valence-corrected chi connectivity index (χ0v) is 12.1. The Labute approximate surface area is 119 Å². The Balaban J connectivity index is 2.88. The number of nitrogens with zero attached hydrogens (tertiary/aromatic N) is 1. The fourth-order valence-electron chi connectivity index (χ4n) is 2.28. The number of methoxy groups -OCH3 is 2. The summed E-state index contributed by atoms with van der Waals surface area (Å²) in [6.45, 7) is 1.39. The molecular formula is C14H15F3N2O2. The summed E-state index contributed by atoms with van der Waals surface area (Å²) < 4.78 is 49.5. The van der Waals surface area contributed by atoms with E-state index in [9.17, 15) is 13.2 Å². The van der Waals surface area contributed by atoms with Crippen LogP contribution in [0.5, 0.6) is 11.5 Å². The monoisotopic (exact) mass is 300 g/mol. The Morgan fingerprint density at radius 1 is 1.10 bits per heavy atom. The number of nitrogens with one attached hydrogen (secondary N) is 1. The summed E-state index contributed by atoms with van der Waals surface area (Å²) in [6, 6.07) is 3.05. The molecule has 0 spiro atoms.